The molecular weight excluding hydrogens is 256 g/mol. The fraction of sp³-hybridized carbons (Fsp3) is 0.733. The van der Waals surface area contributed by atoms with Crippen LogP contribution < -0.4 is 0 Å². The molecule has 0 aromatic carbocycles. The largest absolute Gasteiger partial charge is 0.417 e. The molecule has 0 aliphatic heterocycles. The number of fused-ring (bicyclic) bond motifs is 1. The van der Waals surface area contributed by atoms with Crippen LogP contribution in [-0.4, -0.2) is 14.9 Å². The van der Waals surface area contributed by atoms with Gasteiger partial charge in [0, 0.05) is 11.5 Å². The van der Waals surface area contributed by atoms with Crippen molar-refractivity contribution in [1.29, 1.82) is 0 Å². The summed E-state index contributed by atoms with van der Waals surface area (Å²) in [5.74, 6) is 0.737. The van der Waals surface area contributed by atoms with Gasteiger partial charge in [0.25, 0.3) is 0 Å². The molecule has 1 nitrogen and oxygen atoms in total. The summed E-state index contributed by atoms with van der Waals surface area (Å²) in [7, 11) is -1.56. The van der Waals surface area contributed by atoms with Gasteiger partial charge in [-0.1, -0.05) is 20.8 Å². The molecule has 3 heteroatoms. The van der Waals surface area contributed by atoms with E-state index in [2.05, 4.69) is 45.3 Å². The van der Waals surface area contributed by atoms with Crippen molar-refractivity contribution in [2.45, 2.75) is 58.2 Å². The Morgan fingerprint density at radius 3 is 2.78 bits per heavy atom. The first-order chi connectivity index (χ1) is 8.29. The number of thiophene rings is 1. The van der Waals surface area contributed by atoms with Gasteiger partial charge in [-0.3, -0.25) is 0 Å². The van der Waals surface area contributed by atoms with E-state index in [1.54, 1.807) is 10.4 Å². The lowest BCUT2D eigenvalue weighted by molar-refractivity contribution is 0.216. The highest BCUT2D eigenvalue weighted by atomic mass is 32.1. The number of hydrogen-bond donors (Lipinski definition) is 0. The summed E-state index contributed by atoms with van der Waals surface area (Å²) >= 11 is 1.92. The van der Waals surface area contributed by atoms with Crippen molar-refractivity contribution in [3.05, 3.63) is 21.9 Å². The Bertz CT molecular complexity index is 403. The van der Waals surface area contributed by atoms with Crippen molar-refractivity contribution in [3.8, 4) is 0 Å². The first-order valence-corrected chi connectivity index (χ1v) is 10.8. The summed E-state index contributed by atoms with van der Waals surface area (Å²) in [4.78, 5) is 1.61. The van der Waals surface area contributed by atoms with E-state index >= 15 is 0 Å². The zero-order chi connectivity index (χ0) is 13.4. The minimum atomic E-state index is -1.56. The maximum Gasteiger partial charge on any atom is 0.191 e. The van der Waals surface area contributed by atoms with Crippen LogP contribution in [-0.2, 0) is 17.3 Å². The average molecular weight is 283 g/mol. The average Bonchev–Trinajstić information content (AvgIpc) is 2.71. The second-order valence-electron chi connectivity index (χ2n) is 7.05. The second-order valence-corrected chi connectivity index (χ2v) is 12.9. The maximum atomic E-state index is 6.37. The standard InChI is InChI=1S/C15H26OSSi/c1-15(2,3)18(4,5)16-11-12-6-7-14-13(10-12)8-9-17-14/h8-9,12H,6-7,10-11H2,1-5H3. The van der Waals surface area contributed by atoms with Gasteiger partial charge in [-0.15, -0.1) is 11.3 Å². The lowest BCUT2D eigenvalue weighted by Gasteiger charge is -2.37. The Morgan fingerprint density at radius 2 is 2.11 bits per heavy atom. The molecule has 1 aromatic rings. The van der Waals surface area contributed by atoms with Gasteiger partial charge in [-0.05, 0) is 60.3 Å². The van der Waals surface area contributed by atoms with E-state index in [1.807, 2.05) is 11.3 Å². The summed E-state index contributed by atoms with van der Waals surface area (Å²) in [5.41, 5.74) is 1.58. The molecule has 0 radical (unpaired) electrons. The molecule has 0 amide bonds. The second kappa shape index (κ2) is 5.10. The van der Waals surface area contributed by atoms with Gasteiger partial charge >= 0.3 is 0 Å². The van der Waals surface area contributed by atoms with E-state index in [4.69, 9.17) is 4.43 Å². The third-order valence-corrected chi connectivity index (χ3v) is 10.1. The topological polar surface area (TPSA) is 9.23 Å². The molecule has 0 spiro atoms. The summed E-state index contributed by atoms with van der Waals surface area (Å²) in [5, 5.41) is 2.57. The molecule has 1 aliphatic carbocycles. The maximum absolute atomic E-state index is 6.37. The quantitative estimate of drug-likeness (QED) is 0.718. The Morgan fingerprint density at radius 1 is 1.39 bits per heavy atom. The third kappa shape index (κ3) is 3.06. The Hall–Kier alpha value is -0.123. The molecule has 0 N–H and O–H groups in total. The number of aryl methyl sites for hydroxylation is 1. The lowest BCUT2D eigenvalue weighted by Crippen LogP contribution is -2.42. The summed E-state index contributed by atoms with van der Waals surface area (Å²) in [6.07, 6.45) is 3.80. The van der Waals surface area contributed by atoms with Crippen LogP contribution in [0.25, 0.3) is 0 Å². The van der Waals surface area contributed by atoms with Crippen LogP contribution in [0.4, 0.5) is 0 Å². The fourth-order valence-corrected chi connectivity index (χ4v) is 4.22. The van der Waals surface area contributed by atoms with Gasteiger partial charge in [0.1, 0.15) is 0 Å². The van der Waals surface area contributed by atoms with E-state index in [0.29, 0.717) is 5.04 Å². The molecule has 1 unspecified atom stereocenters. The van der Waals surface area contributed by atoms with E-state index in [9.17, 15) is 0 Å². The highest BCUT2D eigenvalue weighted by molar-refractivity contribution is 7.10. The molecule has 1 atom stereocenters. The van der Waals surface area contributed by atoms with Gasteiger partial charge in [0.05, 0.1) is 0 Å². The Labute approximate surface area is 117 Å². The summed E-state index contributed by atoms with van der Waals surface area (Å²) in [6.45, 7) is 12.6. The van der Waals surface area contributed by atoms with Crippen LogP contribution in [0.5, 0.6) is 0 Å². The molecule has 102 valence electrons. The molecule has 18 heavy (non-hydrogen) atoms. The smallest absolute Gasteiger partial charge is 0.191 e. The molecular formula is C15H26OSSi. The summed E-state index contributed by atoms with van der Waals surface area (Å²) in [6, 6.07) is 2.30. The molecule has 0 saturated carbocycles. The fourth-order valence-electron chi connectivity index (χ4n) is 2.20. The SMILES string of the molecule is CC(C)(C)[Si](C)(C)OCC1CCc2sccc2C1. The molecule has 1 aliphatic rings. The van der Waals surface area contributed by atoms with Crippen molar-refractivity contribution in [3.63, 3.8) is 0 Å². The summed E-state index contributed by atoms with van der Waals surface area (Å²) < 4.78 is 6.37. The lowest BCUT2D eigenvalue weighted by atomic mass is 9.89. The Kier molecular flexibility index (Phi) is 4.05. The minimum Gasteiger partial charge on any atom is -0.417 e. The molecule has 1 aromatic heterocycles. The highest BCUT2D eigenvalue weighted by Crippen LogP contribution is 2.37. The van der Waals surface area contributed by atoms with Crippen LogP contribution in [0, 0.1) is 5.92 Å². The minimum absolute atomic E-state index is 0.329. The van der Waals surface area contributed by atoms with E-state index < -0.39 is 8.32 Å². The first-order valence-electron chi connectivity index (χ1n) is 6.99. The number of hydrogen-bond acceptors (Lipinski definition) is 2. The van der Waals surface area contributed by atoms with Gasteiger partial charge in [-0.2, -0.15) is 0 Å². The van der Waals surface area contributed by atoms with Crippen LogP contribution in [0.1, 0.15) is 37.6 Å². The van der Waals surface area contributed by atoms with Gasteiger partial charge < -0.3 is 4.43 Å². The van der Waals surface area contributed by atoms with E-state index in [-0.39, 0.29) is 0 Å². The highest BCUT2D eigenvalue weighted by Gasteiger charge is 2.37. The van der Waals surface area contributed by atoms with Crippen molar-refractivity contribution in [2.75, 3.05) is 6.61 Å². The first kappa shape index (κ1) is 14.3. The van der Waals surface area contributed by atoms with Crippen molar-refractivity contribution >= 4 is 19.7 Å². The van der Waals surface area contributed by atoms with E-state index in [0.717, 1.165) is 12.5 Å². The van der Waals surface area contributed by atoms with Crippen molar-refractivity contribution in [1.82, 2.24) is 0 Å². The van der Waals surface area contributed by atoms with Crippen molar-refractivity contribution in [2.24, 2.45) is 5.92 Å². The molecule has 2 rings (SSSR count). The predicted octanol–water partition coefficient (Wildman–Crippen LogP) is 4.87. The van der Waals surface area contributed by atoms with Crippen LogP contribution in [0.15, 0.2) is 11.4 Å². The van der Waals surface area contributed by atoms with Gasteiger partial charge in [-0.25, -0.2) is 0 Å². The molecule has 1 heterocycles. The predicted molar refractivity (Wildman–Crippen MR) is 83.0 cm³/mol. The zero-order valence-electron chi connectivity index (χ0n) is 12.4. The molecule has 0 fully saturated rings. The third-order valence-electron chi connectivity index (χ3n) is 4.61. The van der Waals surface area contributed by atoms with Crippen molar-refractivity contribution < 1.29 is 4.43 Å². The normalized spacial score (nSPS) is 20.8. The zero-order valence-corrected chi connectivity index (χ0v) is 14.2. The van der Waals surface area contributed by atoms with Crippen LogP contribution in [0.3, 0.4) is 0 Å². The molecule has 0 saturated heterocycles. The van der Waals surface area contributed by atoms with Crippen LogP contribution >= 0.6 is 11.3 Å². The van der Waals surface area contributed by atoms with Gasteiger partial charge in [0.2, 0.25) is 0 Å². The monoisotopic (exact) mass is 282 g/mol. The molecule has 0 bridgehead atoms. The van der Waals surface area contributed by atoms with Gasteiger partial charge in [0.15, 0.2) is 8.32 Å². The Balaban J connectivity index is 1.90. The van der Waals surface area contributed by atoms with Crippen LogP contribution in [0.2, 0.25) is 18.1 Å². The van der Waals surface area contributed by atoms with E-state index in [1.165, 1.54) is 19.3 Å². The number of rotatable bonds is 3.